The summed E-state index contributed by atoms with van der Waals surface area (Å²) in [5, 5.41) is 20.1. The lowest BCUT2D eigenvalue weighted by Crippen LogP contribution is -2.53. The first-order valence-corrected chi connectivity index (χ1v) is 6.88. The highest BCUT2D eigenvalue weighted by atomic mass is 16.4. The highest BCUT2D eigenvalue weighted by molar-refractivity contribution is 6.24. The number of aliphatic imine (C=N–C) groups is 1. The van der Waals surface area contributed by atoms with Crippen LogP contribution in [0.25, 0.3) is 0 Å². The van der Waals surface area contributed by atoms with Gasteiger partial charge in [0.15, 0.2) is 0 Å². The Hall–Kier alpha value is -3.76. The van der Waals surface area contributed by atoms with Gasteiger partial charge in [-0.1, -0.05) is 0 Å². The Kier molecular flexibility index (Phi) is 5.40. The molecule has 0 aliphatic carbocycles. The van der Waals surface area contributed by atoms with Crippen molar-refractivity contribution in [2.45, 2.75) is 5.66 Å². The van der Waals surface area contributed by atoms with Gasteiger partial charge in [-0.2, -0.15) is 0 Å². The summed E-state index contributed by atoms with van der Waals surface area (Å²) >= 11 is 0. The van der Waals surface area contributed by atoms with Gasteiger partial charge in [0.05, 0.1) is 19.2 Å². The number of hydrogen-bond donors (Lipinski definition) is 3. The van der Waals surface area contributed by atoms with E-state index >= 15 is 0 Å². The third kappa shape index (κ3) is 3.96. The molecule has 2 aromatic rings. The van der Waals surface area contributed by atoms with E-state index in [1.165, 1.54) is 46.6 Å². The average molecular weight is 346 g/mol. The molecule has 11 nitrogen and oxygen atoms in total. The van der Waals surface area contributed by atoms with Gasteiger partial charge in [0.2, 0.25) is 5.66 Å². The highest BCUT2D eigenvalue weighted by Gasteiger charge is 2.41. The summed E-state index contributed by atoms with van der Waals surface area (Å²) in [5.74, 6) is -3.36. The number of nitrogens with zero attached hydrogens (tertiary/aromatic N) is 5. The predicted octanol–water partition coefficient (Wildman–Crippen LogP) is -0.849. The van der Waals surface area contributed by atoms with Gasteiger partial charge < -0.3 is 24.7 Å². The molecular formula is C14H14N6O5. The number of carboxylic acid groups (broad SMARTS) is 2. The molecule has 1 amide bonds. The third-order valence-electron chi connectivity index (χ3n) is 3.19. The van der Waals surface area contributed by atoms with Crippen molar-refractivity contribution in [2.24, 2.45) is 4.99 Å². The minimum absolute atomic E-state index is 0.140. The van der Waals surface area contributed by atoms with Crippen LogP contribution in [0.2, 0.25) is 0 Å². The molecule has 0 spiro atoms. The van der Waals surface area contributed by atoms with Crippen LogP contribution in [0, 0.1) is 0 Å². The molecule has 11 heteroatoms. The first-order chi connectivity index (χ1) is 12.0. The second-order valence-corrected chi connectivity index (χ2v) is 4.71. The van der Waals surface area contributed by atoms with Crippen LogP contribution in [0.4, 0.5) is 0 Å². The molecule has 0 atom stereocenters. The van der Waals surface area contributed by atoms with Crippen LogP contribution in [-0.2, 0) is 20.0 Å². The Bertz CT molecular complexity index is 760. The molecule has 0 saturated carbocycles. The van der Waals surface area contributed by atoms with Crippen molar-refractivity contribution >= 4 is 24.1 Å². The number of rotatable bonds is 8. The topological polar surface area (TPSA) is 152 Å². The van der Waals surface area contributed by atoms with Gasteiger partial charge in [0.1, 0.15) is 6.21 Å². The Morgan fingerprint density at radius 2 is 1.68 bits per heavy atom. The molecule has 2 heterocycles. The van der Waals surface area contributed by atoms with Crippen LogP contribution in [0.15, 0.2) is 54.7 Å². The van der Waals surface area contributed by atoms with Crippen molar-refractivity contribution < 1.29 is 24.6 Å². The maximum absolute atomic E-state index is 12.8. The summed E-state index contributed by atoms with van der Waals surface area (Å²) in [6.07, 6.45) is 11.1. The first-order valence-electron chi connectivity index (χ1n) is 6.88. The van der Waals surface area contributed by atoms with E-state index in [1.807, 2.05) is 0 Å². The Morgan fingerprint density at radius 1 is 1.08 bits per heavy atom. The van der Waals surface area contributed by atoms with Crippen LogP contribution in [0.1, 0.15) is 0 Å². The van der Waals surface area contributed by atoms with E-state index in [2.05, 4.69) is 20.3 Å². The quantitative estimate of drug-likeness (QED) is 0.413. The van der Waals surface area contributed by atoms with E-state index < -0.39 is 23.5 Å². The van der Waals surface area contributed by atoms with Crippen molar-refractivity contribution in [2.75, 3.05) is 6.54 Å². The maximum atomic E-state index is 12.8. The number of carbonyl (C=O) groups excluding carboxylic acids is 1. The molecule has 0 aliphatic rings. The van der Waals surface area contributed by atoms with Crippen LogP contribution in [0.3, 0.4) is 0 Å². The van der Waals surface area contributed by atoms with Gasteiger partial charge in [0.25, 0.3) is 5.91 Å². The normalized spacial score (nSPS) is 11.8. The van der Waals surface area contributed by atoms with Gasteiger partial charge in [-0.25, -0.2) is 24.5 Å². The first kappa shape index (κ1) is 17.6. The lowest BCUT2D eigenvalue weighted by Gasteiger charge is -2.33. The van der Waals surface area contributed by atoms with Crippen LogP contribution in [-0.4, -0.2) is 59.9 Å². The maximum Gasteiger partial charge on any atom is 0.347 e. The zero-order valence-electron chi connectivity index (χ0n) is 12.8. The molecule has 2 aromatic heterocycles. The van der Waals surface area contributed by atoms with Crippen molar-refractivity contribution in [3.05, 3.63) is 49.7 Å². The number of imidazole rings is 2. The van der Waals surface area contributed by atoms with Crippen molar-refractivity contribution in [1.29, 1.82) is 0 Å². The van der Waals surface area contributed by atoms with E-state index in [4.69, 9.17) is 10.2 Å². The van der Waals surface area contributed by atoms with Gasteiger partial charge in [-0.3, -0.25) is 4.79 Å². The van der Waals surface area contributed by atoms with E-state index in [0.717, 1.165) is 12.3 Å². The largest absolute Gasteiger partial charge is 0.478 e. The molecule has 0 saturated heterocycles. The monoisotopic (exact) mass is 346 g/mol. The average Bonchev–Trinajstić information content (AvgIpc) is 3.26. The molecule has 25 heavy (non-hydrogen) atoms. The molecule has 130 valence electrons. The lowest BCUT2D eigenvalue weighted by molar-refractivity contribution is -0.131. The number of carbonyl (C=O) groups is 3. The molecule has 0 unspecified atom stereocenters. The summed E-state index contributed by atoms with van der Waals surface area (Å²) in [5.41, 5.74) is -1.57. The summed E-state index contributed by atoms with van der Waals surface area (Å²) in [7, 11) is 0. The fourth-order valence-electron chi connectivity index (χ4n) is 2.12. The zero-order valence-corrected chi connectivity index (χ0v) is 12.8. The Balaban J connectivity index is 2.48. The van der Waals surface area contributed by atoms with E-state index in [1.54, 1.807) is 0 Å². The van der Waals surface area contributed by atoms with Gasteiger partial charge >= 0.3 is 11.9 Å². The second-order valence-electron chi connectivity index (χ2n) is 4.71. The molecule has 2 rings (SSSR count). The number of aromatic nitrogens is 4. The fourth-order valence-corrected chi connectivity index (χ4v) is 2.12. The highest BCUT2D eigenvalue weighted by Crippen LogP contribution is 2.21. The number of nitrogens with one attached hydrogen (secondary N) is 1. The molecule has 3 N–H and O–H groups in total. The number of carboxylic acids is 2. The molecule has 0 fully saturated rings. The number of aliphatic carboxylic acids is 2. The smallest absolute Gasteiger partial charge is 0.347 e. The van der Waals surface area contributed by atoms with Gasteiger partial charge in [-0.15, -0.1) is 0 Å². The summed E-state index contributed by atoms with van der Waals surface area (Å²) in [4.78, 5) is 45.3. The van der Waals surface area contributed by atoms with Gasteiger partial charge in [0, 0.05) is 37.1 Å². The van der Waals surface area contributed by atoms with E-state index in [0.29, 0.717) is 6.21 Å². The third-order valence-corrected chi connectivity index (χ3v) is 3.19. The van der Waals surface area contributed by atoms with Crippen LogP contribution in [0.5, 0.6) is 0 Å². The van der Waals surface area contributed by atoms with Crippen LogP contribution < -0.4 is 5.32 Å². The minimum atomic E-state index is -1.57. The molecule has 0 aliphatic heterocycles. The van der Waals surface area contributed by atoms with Crippen LogP contribution >= 0.6 is 0 Å². The zero-order chi connectivity index (χ0) is 18.3. The fraction of sp³-hybridized carbons (Fsp3) is 0.143. The van der Waals surface area contributed by atoms with Gasteiger partial charge in [-0.05, 0) is 0 Å². The van der Waals surface area contributed by atoms with E-state index in [-0.39, 0.29) is 6.54 Å². The Morgan fingerprint density at radius 3 is 2.12 bits per heavy atom. The molecule has 0 bridgehead atoms. The van der Waals surface area contributed by atoms with Crippen molar-refractivity contribution in [1.82, 2.24) is 24.4 Å². The Labute approximate surface area is 141 Å². The minimum Gasteiger partial charge on any atom is -0.478 e. The summed E-state index contributed by atoms with van der Waals surface area (Å²) in [6.45, 7) is -0.140. The SMILES string of the molecule is O=C(O)C=CNCC(C(=O)N=CC(=O)O)(n1ccnc1)n1ccnc1. The van der Waals surface area contributed by atoms with E-state index in [9.17, 15) is 14.4 Å². The second kappa shape index (κ2) is 7.68. The molecule has 0 aromatic carbocycles. The molecule has 0 radical (unpaired) electrons. The summed E-state index contributed by atoms with van der Waals surface area (Å²) < 4.78 is 2.83. The predicted molar refractivity (Wildman–Crippen MR) is 83.7 cm³/mol. The lowest BCUT2D eigenvalue weighted by atomic mass is 10.1. The molecular weight excluding hydrogens is 332 g/mol. The van der Waals surface area contributed by atoms with Crippen molar-refractivity contribution in [3.63, 3.8) is 0 Å². The van der Waals surface area contributed by atoms with Crippen molar-refractivity contribution in [3.8, 4) is 0 Å². The number of hydrogen-bond acceptors (Lipinski definition) is 6. The summed E-state index contributed by atoms with van der Waals surface area (Å²) in [6, 6.07) is 0. The standard InChI is InChI=1S/C14H14N6O5/c21-11(22)1-2-15-8-14(19-5-3-16-9-19,20-6-4-17-10-20)13(25)18-7-12(23)24/h1-7,9-10,15H,8H2,(H,21,22)(H,23,24). The number of amides is 1.